The molecule has 0 aromatic carbocycles. The van der Waals surface area contributed by atoms with Gasteiger partial charge >= 0.3 is 5.97 Å². The molecule has 0 aromatic rings. The van der Waals surface area contributed by atoms with Crippen molar-refractivity contribution in [2.75, 3.05) is 12.9 Å². The minimum atomic E-state index is -3.57. The number of esters is 1. The summed E-state index contributed by atoms with van der Waals surface area (Å²) >= 11 is 4.77. The fourth-order valence-corrected chi connectivity index (χ4v) is 2.63. The quantitative estimate of drug-likeness (QED) is 0.477. The Kier molecular flexibility index (Phi) is 7.24. The van der Waals surface area contributed by atoms with Crippen LogP contribution in [-0.2, 0) is 19.6 Å². The molecule has 0 fully saturated rings. The highest BCUT2D eigenvalue weighted by molar-refractivity contribution is 7.89. The van der Waals surface area contributed by atoms with Gasteiger partial charge in [0, 0.05) is 0 Å². The molecule has 0 rings (SSSR count). The van der Waals surface area contributed by atoms with E-state index in [0.29, 0.717) is 6.42 Å². The lowest BCUT2D eigenvalue weighted by Gasteiger charge is -2.16. The standard InChI is InChI=1S/C9H18N2O4S2/c1-3-4-7(9(10)16)11-17(13,14)6-5-8(12)15-2/h7,11H,3-6H2,1-2H3,(H2,10,16). The van der Waals surface area contributed by atoms with Crippen molar-refractivity contribution in [3.8, 4) is 0 Å². The molecule has 0 heterocycles. The first kappa shape index (κ1) is 16.3. The van der Waals surface area contributed by atoms with Crippen LogP contribution in [0.15, 0.2) is 0 Å². The molecule has 0 amide bonds. The molecule has 0 aliphatic heterocycles. The SMILES string of the molecule is CCCC(NS(=O)(=O)CCC(=O)OC)C(N)=S. The van der Waals surface area contributed by atoms with Crippen LogP contribution < -0.4 is 10.5 Å². The molecule has 17 heavy (non-hydrogen) atoms. The predicted octanol–water partition coefficient (Wildman–Crippen LogP) is -0.0763. The lowest BCUT2D eigenvalue weighted by Crippen LogP contribution is -2.44. The first-order chi connectivity index (χ1) is 7.82. The molecule has 0 saturated carbocycles. The van der Waals surface area contributed by atoms with Crippen LogP contribution in [0.3, 0.4) is 0 Å². The van der Waals surface area contributed by atoms with Crippen LogP contribution in [0.5, 0.6) is 0 Å². The summed E-state index contributed by atoms with van der Waals surface area (Å²) < 4.78 is 29.9. The summed E-state index contributed by atoms with van der Waals surface area (Å²) in [5.41, 5.74) is 5.42. The van der Waals surface area contributed by atoms with E-state index >= 15 is 0 Å². The maximum absolute atomic E-state index is 11.6. The summed E-state index contributed by atoms with van der Waals surface area (Å²) in [6, 6.07) is -0.558. The molecular formula is C9H18N2O4S2. The van der Waals surface area contributed by atoms with Crippen LogP contribution >= 0.6 is 12.2 Å². The van der Waals surface area contributed by atoms with Crippen LogP contribution in [0, 0.1) is 0 Å². The lowest BCUT2D eigenvalue weighted by atomic mass is 10.2. The Bertz CT molecular complexity index is 367. The van der Waals surface area contributed by atoms with Gasteiger partial charge in [-0.1, -0.05) is 25.6 Å². The number of hydrogen-bond donors (Lipinski definition) is 2. The van der Waals surface area contributed by atoms with Gasteiger partial charge in [-0.15, -0.1) is 0 Å². The molecule has 0 aromatic heterocycles. The Morgan fingerprint density at radius 3 is 2.53 bits per heavy atom. The number of sulfonamides is 1. The molecule has 0 aliphatic rings. The summed E-state index contributed by atoms with van der Waals surface area (Å²) in [5, 5.41) is 0. The Morgan fingerprint density at radius 2 is 2.12 bits per heavy atom. The summed E-state index contributed by atoms with van der Waals surface area (Å²) in [7, 11) is -2.37. The van der Waals surface area contributed by atoms with E-state index in [1.165, 1.54) is 7.11 Å². The molecule has 1 atom stereocenters. The van der Waals surface area contributed by atoms with E-state index in [1.807, 2.05) is 6.92 Å². The zero-order chi connectivity index (χ0) is 13.5. The highest BCUT2D eigenvalue weighted by Gasteiger charge is 2.20. The third-order valence-corrected chi connectivity index (χ3v) is 3.71. The topological polar surface area (TPSA) is 98.5 Å². The number of rotatable bonds is 8. The Labute approximate surface area is 107 Å². The van der Waals surface area contributed by atoms with E-state index in [1.54, 1.807) is 0 Å². The van der Waals surface area contributed by atoms with E-state index in [0.717, 1.165) is 6.42 Å². The third-order valence-electron chi connectivity index (χ3n) is 2.05. The number of nitrogens with two attached hydrogens (primary N) is 1. The molecular weight excluding hydrogens is 264 g/mol. The van der Waals surface area contributed by atoms with Gasteiger partial charge in [0.1, 0.15) is 0 Å². The third kappa shape index (κ3) is 7.24. The number of carbonyl (C=O) groups is 1. The monoisotopic (exact) mass is 282 g/mol. The molecule has 0 aliphatic carbocycles. The van der Waals surface area contributed by atoms with Gasteiger partial charge < -0.3 is 10.5 Å². The number of carbonyl (C=O) groups excluding carboxylic acids is 1. The van der Waals surface area contributed by atoms with Gasteiger partial charge in [-0.05, 0) is 6.42 Å². The molecule has 8 heteroatoms. The largest absolute Gasteiger partial charge is 0.469 e. The van der Waals surface area contributed by atoms with E-state index in [2.05, 4.69) is 9.46 Å². The van der Waals surface area contributed by atoms with Crippen molar-refractivity contribution in [1.29, 1.82) is 0 Å². The number of methoxy groups -OCH3 is 1. The van der Waals surface area contributed by atoms with E-state index in [4.69, 9.17) is 18.0 Å². The molecule has 1 unspecified atom stereocenters. The molecule has 0 spiro atoms. The van der Waals surface area contributed by atoms with Crippen LogP contribution in [0.1, 0.15) is 26.2 Å². The number of hydrogen-bond acceptors (Lipinski definition) is 5. The summed E-state index contributed by atoms with van der Waals surface area (Å²) in [6.45, 7) is 1.90. The van der Waals surface area contributed by atoms with Gasteiger partial charge in [0.05, 0.1) is 30.3 Å². The van der Waals surface area contributed by atoms with Gasteiger partial charge in [-0.3, -0.25) is 4.79 Å². The Hall–Kier alpha value is -0.730. The van der Waals surface area contributed by atoms with Crippen LogP contribution in [0.4, 0.5) is 0 Å². The maximum Gasteiger partial charge on any atom is 0.306 e. The fraction of sp³-hybridized carbons (Fsp3) is 0.778. The second-order valence-corrected chi connectivity index (χ2v) is 5.85. The van der Waals surface area contributed by atoms with Crippen molar-refractivity contribution in [2.24, 2.45) is 5.73 Å². The van der Waals surface area contributed by atoms with E-state index in [-0.39, 0.29) is 17.2 Å². The number of nitrogens with one attached hydrogen (secondary N) is 1. The molecule has 0 bridgehead atoms. The second kappa shape index (κ2) is 7.57. The number of thiocarbonyl (C=S) groups is 1. The van der Waals surface area contributed by atoms with Crippen molar-refractivity contribution in [2.45, 2.75) is 32.2 Å². The smallest absolute Gasteiger partial charge is 0.306 e. The summed E-state index contributed by atoms with van der Waals surface area (Å²) in [5.74, 6) is -0.902. The Morgan fingerprint density at radius 1 is 1.53 bits per heavy atom. The highest BCUT2D eigenvalue weighted by atomic mass is 32.2. The Balaban J connectivity index is 4.40. The minimum Gasteiger partial charge on any atom is -0.469 e. The van der Waals surface area contributed by atoms with E-state index in [9.17, 15) is 13.2 Å². The van der Waals surface area contributed by atoms with Gasteiger partial charge in [0.15, 0.2) is 0 Å². The first-order valence-electron chi connectivity index (χ1n) is 5.18. The van der Waals surface area contributed by atoms with Crippen LogP contribution in [0.25, 0.3) is 0 Å². The van der Waals surface area contributed by atoms with Gasteiger partial charge in [-0.2, -0.15) is 0 Å². The van der Waals surface area contributed by atoms with Crippen molar-refractivity contribution in [3.05, 3.63) is 0 Å². The normalized spacial score (nSPS) is 13.1. The molecule has 100 valence electrons. The molecule has 0 saturated heterocycles. The average Bonchev–Trinajstić information content (AvgIpc) is 2.25. The van der Waals surface area contributed by atoms with Crippen molar-refractivity contribution < 1.29 is 17.9 Å². The van der Waals surface area contributed by atoms with Crippen molar-refractivity contribution >= 4 is 33.2 Å². The highest BCUT2D eigenvalue weighted by Crippen LogP contribution is 2.01. The van der Waals surface area contributed by atoms with Crippen molar-refractivity contribution in [3.63, 3.8) is 0 Å². The van der Waals surface area contributed by atoms with Crippen LogP contribution in [0.2, 0.25) is 0 Å². The van der Waals surface area contributed by atoms with Gasteiger partial charge in [-0.25, -0.2) is 13.1 Å². The number of ether oxygens (including phenoxy) is 1. The molecule has 6 nitrogen and oxygen atoms in total. The lowest BCUT2D eigenvalue weighted by molar-refractivity contribution is -0.140. The average molecular weight is 282 g/mol. The fourth-order valence-electron chi connectivity index (χ4n) is 1.14. The second-order valence-electron chi connectivity index (χ2n) is 3.51. The molecule has 0 radical (unpaired) electrons. The van der Waals surface area contributed by atoms with Gasteiger partial charge in [0.25, 0.3) is 0 Å². The first-order valence-corrected chi connectivity index (χ1v) is 7.24. The van der Waals surface area contributed by atoms with E-state index < -0.39 is 22.0 Å². The van der Waals surface area contributed by atoms with Crippen molar-refractivity contribution in [1.82, 2.24) is 4.72 Å². The summed E-state index contributed by atoms with van der Waals surface area (Å²) in [6.07, 6.45) is 1.09. The zero-order valence-corrected chi connectivity index (χ0v) is 11.6. The van der Waals surface area contributed by atoms with Gasteiger partial charge in [0.2, 0.25) is 10.0 Å². The predicted molar refractivity (Wildman–Crippen MR) is 69.0 cm³/mol. The maximum atomic E-state index is 11.6. The molecule has 3 N–H and O–H groups in total. The zero-order valence-electron chi connectivity index (χ0n) is 9.93. The summed E-state index contributed by atoms with van der Waals surface area (Å²) in [4.78, 5) is 10.9. The minimum absolute atomic E-state index is 0.105. The van der Waals surface area contributed by atoms with Crippen LogP contribution in [-0.4, -0.2) is 38.3 Å².